The zero-order valence-corrected chi connectivity index (χ0v) is 11.3. The predicted molar refractivity (Wildman–Crippen MR) is 72.0 cm³/mol. The standard InChI is InChI=1S/C15H19NO3/c1-3-18-15(17)13-10-6-7-19-14(10)11-8-9(2)4-5-12(11)16-13/h4-5,8,10,13-14,16H,3,6-7H2,1-2H3/t10-,13+,14-/m0/s1. The fraction of sp³-hybridized carbons (Fsp3) is 0.533. The van der Waals surface area contributed by atoms with Gasteiger partial charge in [-0.25, -0.2) is 4.79 Å². The second-order valence-corrected chi connectivity index (χ2v) is 5.21. The number of hydrogen-bond acceptors (Lipinski definition) is 4. The maximum atomic E-state index is 12.1. The van der Waals surface area contributed by atoms with E-state index in [1.807, 2.05) is 19.1 Å². The van der Waals surface area contributed by atoms with Crippen LogP contribution in [-0.4, -0.2) is 25.2 Å². The van der Waals surface area contributed by atoms with E-state index in [2.05, 4.69) is 18.3 Å². The summed E-state index contributed by atoms with van der Waals surface area (Å²) in [5.41, 5.74) is 3.37. The highest BCUT2D eigenvalue weighted by molar-refractivity contribution is 5.81. The molecule has 0 aliphatic carbocycles. The van der Waals surface area contributed by atoms with Crippen LogP contribution in [0.2, 0.25) is 0 Å². The summed E-state index contributed by atoms with van der Waals surface area (Å²) >= 11 is 0. The van der Waals surface area contributed by atoms with Gasteiger partial charge in [-0.1, -0.05) is 17.7 Å². The first-order chi connectivity index (χ1) is 9.20. The van der Waals surface area contributed by atoms with Gasteiger partial charge in [0.25, 0.3) is 0 Å². The van der Waals surface area contributed by atoms with E-state index in [0.717, 1.165) is 12.1 Å². The SMILES string of the molecule is CCOC(=O)[C@@H]1Nc2ccc(C)cc2[C@H]2OCC[C@H]21. The van der Waals surface area contributed by atoms with Gasteiger partial charge in [0, 0.05) is 23.8 Å². The van der Waals surface area contributed by atoms with Crippen LogP contribution in [-0.2, 0) is 14.3 Å². The smallest absolute Gasteiger partial charge is 0.328 e. The summed E-state index contributed by atoms with van der Waals surface area (Å²) in [6, 6.07) is 5.92. The first-order valence-corrected chi connectivity index (χ1v) is 6.86. The first kappa shape index (κ1) is 12.5. The molecule has 1 aromatic rings. The lowest BCUT2D eigenvalue weighted by molar-refractivity contribution is -0.146. The quantitative estimate of drug-likeness (QED) is 0.831. The van der Waals surface area contributed by atoms with Crippen LogP contribution < -0.4 is 5.32 Å². The van der Waals surface area contributed by atoms with Gasteiger partial charge in [-0.2, -0.15) is 0 Å². The summed E-state index contributed by atoms with van der Waals surface area (Å²) in [4.78, 5) is 12.1. The number of fused-ring (bicyclic) bond motifs is 3. The Morgan fingerprint density at radius 1 is 1.53 bits per heavy atom. The molecule has 0 radical (unpaired) electrons. The Labute approximate surface area is 113 Å². The molecule has 19 heavy (non-hydrogen) atoms. The van der Waals surface area contributed by atoms with E-state index in [4.69, 9.17) is 9.47 Å². The number of anilines is 1. The van der Waals surface area contributed by atoms with E-state index < -0.39 is 0 Å². The molecule has 0 spiro atoms. The van der Waals surface area contributed by atoms with Crippen molar-refractivity contribution in [3.63, 3.8) is 0 Å². The Morgan fingerprint density at radius 3 is 3.16 bits per heavy atom. The second-order valence-electron chi connectivity index (χ2n) is 5.21. The molecule has 2 aliphatic heterocycles. The molecule has 1 fully saturated rings. The van der Waals surface area contributed by atoms with Crippen molar-refractivity contribution in [3.05, 3.63) is 29.3 Å². The van der Waals surface area contributed by atoms with Crippen LogP contribution in [0.4, 0.5) is 5.69 Å². The molecule has 0 aromatic heterocycles. The molecule has 2 heterocycles. The molecule has 3 atom stereocenters. The summed E-state index contributed by atoms with van der Waals surface area (Å²) in [6.07, 6.45) is 0.916. The second kappa shape index (κ2) is 4.85. The summed E-state index contributed by atoms with van der Waals surface area (Å²) in [7, 11) is 0. The normalized spacial score (nSPS) is 28.2. The lowest BCUT2D eigenvalue weighted by atomic mass is 9.83. The maximum absolute atomic E-state index is 12.1. The molecular weight excluding hydrogens is 242 g/mol. The van der Waals surface area contributed by atoms with Crippen molar-refractivity contribution in [1.82, 2.24) is 0 Å². The summed E-state index contributed by atoms with van der Waals surface area (Å²) in [5, 5.41) is 3.33. The number of carbonyl (C=O) groups excluding carboxylic acids is 1. The largest absolute Gasteiger partial charge is 0.464 e. The van der Waals surface area contributed by atoms with Gasteiger partial charge in [0.15, 0.2) is 0 Å². The number of nitrogens with one attached hydrogen (secondary N) is 1. The van der Waals surface area contributed by atoms with Crippen molar-refractivity contribution in [2.75, 3.05) is 18.5 Å². The minimum Gasteiger partial charge on any atom is -0.464 e. The van der Waals surface area contributed by atoms with Gasteiger partial charge in [-0.05, 0) is 26.3 Å². The third kappa shape index (κ3) is 2.10. The molecule has 4 nitrogen and oxygen atoms in total. The Morgan fingerprint density at radius 2 is 2.37 bits per heavy atom. The Hall–Kier alpha value is -1.55. The van der Waals surface area contributed by atoms with Gasteiger partial charge in [0.05, 0.1) is 12.7 Å². The first-order valence-electron chi connectivity index (χ1n) is 6.86. The fourth-order valence-corrected chi connectivity index (χ4v) is 3.06. The summed E-state index contributed by atoms with van der Waals surface area (Å²) in [6.45, 7) is 5.03. The lowest BCUT2D eigenvalue weighted by Crippen LogP contribution is -2.43. The Balaban J connectivity index is 1.96. The highest BCUT2D eigenvalue weighted by Gasteiger charge is 2.44. The van der Waals surface area contributed by atoms with E-state index in [-0.39, 0.29) is 24.0 Å². The number of ether oxygens (including phenoxy) is 2. The molecular formula is C15H19NO3. The van der Waals surface area contributed by atoms with Crippen LogP contribution in [0.1, 0.15) is 30.6 Å². The minimum absolute atomic E-state index is 0.0190. The Bertz CT molecular complexity index is 500. The van der Waals surface area contributed by atoms with E-state index in [1.165, 1.54) is 11.1 Å². The highest BCUT2D eigenvalue weighted by atomic mass is 16.5. The fourth-order valence-electron chi connectivity index (χ4n) is 3.06. The molecule has 1 N–H and O–H groups in total. The van der Waals surface area contributed by atoms with Gasteiger partial charge >= 0.3 is 5.97 Å². The van der Waals surface area contributed by atoms with Crippen LogP contribution in [0.15, 0.2) is 18.2 Å². The van der Waals surface area contributed by atoms with Gasteiger partial charge in [0.1, 0.15) is 6.04 Å². The van der Waals surface area contributed by atoms with Crippen LogP contribution >= 0.6 is 0 Å². The molecule has 1 aromatic carbocycles. The molecule has 102 valence electrons. The van der Waals surface area contributed by atoms with Gasteiger partial charge in [-0.3, -0.25) is 0 Å². The van der Waals surface area contributed by atoms with Crippen LogP contribution in [0.25, 0.3) is 0 Å². The highest BCUT2D eigenvalue weighted by Crippen LogP contribution is 2.45. The van der Waals surface area contributed by atoms with Crippen molar-refractivity contribution in [3.8, 4) is 0 Å². The van der Waals surface area contributed by atoms with E-state index in [9.17, 15) is 4.79 Å². The minimum atomic E-state index is -0.289. The Kier molecular flexibility index (Phi) is 3.19. The van der Waals surface area contributed by atoms with Crippen LogP contribution in [0.3, 0.4) is 0 Å². The molecule has 0 amide bonds. The zero-order chi connectivity index (χ0) is 13.4. The van der Waals surface area contributed by atoms with Gasteiger partial charge < -0.3 is 14.8 Å². The summed E-state index contributed by atoms with van der Waals surface area (Å²) < 4.78 is 11.0. The average Bonchev–Trinajstić information content (AvgIpc) is 2.87. The van der Waals surface area contributed by atoms with Crippen LogP contribution in [0.5, 0.6) is 0 Å². The number of rotatable bonds is 2. The van der Waals surface area contributed by atoms with Gasteiger partial charge in [0.2, 0.25) is 0 Å². The van der Waals surface area contributed by atoms with Crippen molar-refractivity contribution < 1.29 is 14.3 Å². The topological polar surface area (TPSA) is 47.6 Å². The van der Waals surface area contributed by atoms with E-state index in [1.54, 1.807) is 0 Å². The molecule has 4 heteroatoms. The molecule has 1 saturated heterocycles. The third-order valence-corrected chi connectivity index (χ3v) is 3.93. The zero-order valence-electron chi connectivity index (χ0n) is 11.3. The number of aryl methyl sites for hydroxylation is 1. The monoisotopic (exact) mass is 261 g/mol. The molecule has 0 unspecified atom stereocenters. The number of esters is 1. The number of benzene rings is 1. The maximum Gasteiger partial charge on any atom is 0.328 e. The summed E-state index contributed by atoms with van der Waals surface area (Å²) in [5.74, 6) is 0.00238. The van der Waals surface area contributed by atoms with Crippen molar-refractivity contribution in [2.24, 2.45) is 5.92 Å². The van der Waals surface area contributed by atoms with Crippen LogP contribution in [0, 0.1) is 12.8 Å². The average molecular weight is 261 g/mol. The molecule has 0 saturated carbocycles. The molecule has 0 bridgehead atoms. The number of carbonyl (C=O) groups is 1. The molecule has 2 aliphatic rings. The predicted octanol–water partition coefficient (Wildman–Crippen LogP) is 2.43. The molecule has 3 rings (SSSR count). The lowest BCUT2D eigenvalue weighted by Gasteiger charge is -2.34. The van der Waals surface area contributed by atoms with E-state index in [0.29, 0.717) is 13.2 Å². The van der Waals surface area contributed by atoms with Crippen molar-refractivity contribution in [1.29, 1.82) is 0 Å². The van der Waals surface area contributed by atoms with E-state index >= 15 is 0 Å². The van der Waals surface area contributed by atoms with Crippen molar-refractivity contribution >= 4 is 11.7 Å². The number of hydrogen-bond donors (Lipinski definition) is 1. The van der Waals surface area contributed by atoms with Gasteiger partial charge in [-0.15, -0.1) is 0 Å². The third-order valence-electron chi connectivity index (χ3n) is 3.93. The van der Waals surface area contributed by atoms with Crippen molar-refractivity contribution in [2.45, 2.75) is 32.4 Å².